The number of hydrogen-bond donors (Lipinski definition) is 1. The molecule has 1 saturated carbocycles. The summed E-state index contributed by atoms with van der Waals surface area (Å²) in [5.41, 5.74) is 0. The Morgan fingerprint density at radius 3 is 2.53 bits per heavy atom. The Balaban J connectivity index is 1.87. The van der Waals surface area contributed by atoms with Crippen LogP contribution in [0.5, 0.6) is 0 Å². The van der Waals surface area contributed by atoms with Crippen LogP contribution in [0.3, 0.4) is 0 Å². The molecule has 0 aromatic carbocycles. The number of hydrogen-bond acceptors (Lipinski definition) is 4. The Hall–Kier alpha value is -1.66. The largest absolute Gasteiger partial charge is 0.351 e. The second-order valence-electron chi connectivity index (χ2n) is 4.42. The fourth-order valence-electron chi connectivity index (χ4n) is 2.29. The van der Waals surface area contributed by atoms with E-state index in [-0.39, 0.29) is 19.1 Å². The third-order valence-electron chi connectivity index (χ3n) is 3.26. The SMILES string of the molecule is O=NN1CCN(C(=O)NC2CCCCC2)C1=O. The third kappa shape index (κ3) is 2.54. The van der Waals surface area contributed by atoms with E-state index < -0.39 is 12.1 Å². The summed E-state index contributed by atoms with van der Waals surface area (Å²) < 4.78 is 0. The molecule has 0 bridgehead atoms. The van der Waals surface area contributed by atoms with Gasteiger partial charge in [-0.25, -0.2) is 14.5 Å². The molecule has 1 saturated heterocycles. The number of carbonyl (C=O) groups excluding carboxylic acids is 2. The van der Waals surface area contributed by atoms with Gasteiger partial charge in [-0.3, -0.25) is 0 Å². The average Bonchev–Trinajstić information content (AvgIpc) is 2.71. The highest BCUT2D eigenvalue weighted by Gasteiger charge is 2.34. The molecular formula is C10H16N4O3. The van der Waals surface area contributed by atoms with Crippen LogP contribution in [0.15, 0.2) is 5.29 Å². The highest BCUT2D eigenvalue weighted by Crippen LogP contribution is 2.18. The third-order valence-corrected chi connectivity index (χ3v) is 3.26. The number of nitrogens with zero attached hydrogens (tertiary/aromatic N) is 3. The van der Waals surface area contributed by atoms with E-state index in [1.165, 1.54) is 6.42 Å². The van der Waals surface area contributed by atoms with Gasteiger partial charge in [-0.2, -0.15) is 5.01 Å². The molecule has 2 aliphatic rings. The summed E-state index contributed by atoms with van der Waals surface area (Å²) in [7, 11) is 0. The van der Waals surface area contributed by atoms with Gasteiger partial charge in [0.15, 0.2) is 0 Å². The minimum Gasteiger partial charge on any atom is -0.335 e. The zero-order valence-electron chi connectivity index (χ0n) is 9.59. The summed E-state index contributed by atoms with van der Waals surface area (Å²) in [5.74, 6) is 0. The minimum atomic E-state index is -0.631. The highest BCUT2D eigenvalue weighted by atomic mass is 16.3. The van der Waals surface area contributed by atoms with Crippen molar-refractivity contribution >= 4 is 12.1 Å². The first kappa shape index (κ1) is 11.8. The molecule has 7 heteroatoms. The molecule has 1 heterocycles. The van der Waals surface area contributed by atoms with Crippen LogP contribution >= 0.6 is 0 Å². The zero-order valence-corrected chi connectivity index (χ0v) is 9.59. The van der Waals surface area contributed by atoms with Crippen molar-refractivity contribution < 1.29 is 9.59 Å². The van der Waals surface area contributed by atoms with Crippen LogP contribution < -0.4 is 5.32 Å². The fourth-order valence-corrected chi connectivity index (χ4v) is 2.29. The summed E-state index contributed by atoms with van der Waals surface area (Å²) in [6.07, 6.45) is 5.35. The number of rotatable bonds is 2. The van der Waals surface area contributed by atoms with Gasteiger partial charge in [0.2, 0.25) is 0 Å². The number of imide groups is 1. The maximum absolute atomic E-state index is 11.8. The fraction of sp³-hybridized carbons (Fsp3) is 0.800. The zero-order chi connectivity index (χ0) is 12.3. The molecule has 1 aliphatic heterocycles. The maximum Gasteiger partial charge on any atom is 0.351 e. The van der Waals surface area contributed by atoms with Gasteiger partial charge in [0.05, 0.1) is 18.4 Å². The van der Waals surface area contributed by atoms with Crippen molar-refractivity contribution in [1.29, 1.82) is 0 Å². The van der Waals surface area contributed by atoms with Crippen molar-refractivity contribution in [3.05, 3.63) is 4.91 Å². The highest BCUT2D eigenvalue weighted by molar-refractivity contribution is 5.94. The maximum atomic E-state index is 11.8. The Kier molecular flexibility index (Phi) is 3.55. The van der Waals surface area contributed by atoms with Crippen LogP contribution in [0.2, 0.25) is 0 Å². The van der Waals surface area contributed by atoms with Crippen LogP contribution in [0.25, 0.3) is 0 Å². The quantitative estimate of drug-likeness (QED) is 0.741. The molecule has 0 aromatic heterocycles. The van der Waals surface area contributed by atoms with E-state index in [4.69, 9.17) is 0 Å². The molecule has 1 aliphatic carbocycles. The van der Waals surface area contributed by atoms with E-state index in [1.54, 1.807) is 0 Å². The van der Waals surface area contributed by atoms with E-state index in [9.17, 15) is 14.5 Å². The molecule has 0 radical (unpaired) electrons. The van der Waals surface area contributed by atoms with Crippen molar-refractivity contribution in [1.82, 2.24) is 15.2 Å². The van der Waals surface area contributed by atoms with Gasteiger partial charge in [-0.15, -0.1) is 4.91 Å². The van der Waals surface area contributed by atoms with Gasteiger partial charge in [0.25, 0.3) is 0 Å². The van der Waals surface area contributed by atoms with Gasteiger partial charge in [0.1, 0.15) is 0 Å². The monoisotopic (exact) mass is 240 g/mol. The molecule has 0 spiro atoms. The Labute approximate surface area is 99.1 Å². The number of carbonyl (C=O) groups is 2. The first-order valence-corrected chi connectivity index (χ1v) is 5.95. The van der Waals surface area contributed by atoms with E-state index >= 15 is 0 Å². The van der Waals surface area contributed by atoms with Crippen molar-refractivity contribution in [3.63, 3.8) is 0 Å². The molecule has 0 aromatic rings. The molecule has 94 valence electrons. The lowest BCUT2D eigenvalue weighted by Gasteiger charge is -2.24. The molecule has 17 heavy (non-hydrogen) atoms. The van der Waals surface area contributed by atoms with Crippen LogP contribution in [-0.4, -0.2) is 41.1 Å². The second kappa shape index (κ2) is 5.11. The van der Waals surface area contributed by atoms with Crippen LogP contribution in [0.1, 0.15) is 32.1 Å². The van der Waals surface area contributed by atoms with Gasteiger partial charge in [-0.1, -0.05) is 19.3 Å². The molecule has 2 fully saturated rings. The molecule has 0 unspecified atom stereocenters. The Morgan fingerprint density at radius 2 is 1.94 bits per heavy atom. The van der Waals surface area contributed by atoms with Crippen molar-refractivity contribution in [2.45, 2.75) is 38.1 Å². The molecule has 2 rings (SSSR count). The second-order valence-corrected chi connectivity index (χ2v) is 4.42. The number of nitrogens with one attached hydrogen (secondary N) is 1. The first-order chi connectivity index (χ1) is 8.22. The summed E-state index contributed by atoms with van der Waals surface area (Å²) in [6.45, 7) is 0.406. The lowest BCUT2D eigenvalue weighted by atomic mass is 9.96. The van der Waals surface area contributed by atoms with E-state index in [1.807, 2.05) is 0 Å². The Bertz CT molecular complexity index is 328. The lowest BCUT2D eigenvalue weighted by Crippen LogP contribution is -2.46. The molecule has 1 N–H and O–H groups in total. The standard InChI is InChI=1S/C10H16N4O3/c15-9(11-8-4-2-1-3-5-8)13-6-7-14(12-17)10(13)16/h8H,1-7H2,(H,11,15). The normalized spacial score (nSPS) is 21.8. The number of amides is 4. The lowest BCUT2D eigenvalue weighted by molar-refractivity contribution is 0.182. The van der Waals surface area contributed by atoms with E-state index in [0.717, 1.165) is 35.6 Å². The van der Waals surface area contributed by atoms with Crippen LogP contribution in [0, 0.1) is 4.91 Å². The van der Waals surface area contributed by atoms with Gasteiger partial charge in [-0.05, 0) is 12.8 Å². The molecule has 7 nitrogen and oxygen atoms in total. The molecular weight excluding hydrogens is 224 g/mol. The summed E-state index contributed by atoms with van der Waals surface area (Å²) in [6, 6.07) is -0.886. The van der Waals surface area contributed by atoms with Crippen LogP contribution in [-0.2, 0) is 0 Å². The van der Waals surface area contributed by atoms with Gasteiger partial charge >= 0.3 is 12.1 Å². The Morgan fingerprint density at radius 1 is 1.24 bits per heavy atom. The van der Waals surface area contributed by atoms with Gasteiger partial charge < -0.3 is 5.32 Å². The topological polar surface area (TPSA) is 82.1 Å². The summed E-state index contributed by atoms with van der Waals surface area (Å²) in [5, 5.41) is 6.16. The first-order valence-electron chi connectivity index (χ1n) is 5.95. The average molecular weight is 240 g/mol. The number of urea groups is 2. The van der Waals surface area contributed by atoms with E-state index in [2.05, 4.69) is 10.6 Å². The van der Waals surface area contributed by atoms with E-state index in [0.29, 0.717) is 0 Å². The summed E-state index contributed by atoms with van der Waals surface area (Å²) in [4.78, 5) is 34.6. The van der Waals surface area contributed by atoms with Crippen molar-refractivity contribution in [2.75, 3.05) is 13.1 Å². The van der Waals surface area contributed by atoms with Crippen molar-refractivity contribution in [2.24, 2.45) is 5.29 Å². The minimum absolute atomic E-state index is 0.155. The summed E-state index contributed by atoms with van der Waals surface area (Å²) >= 11 is 0. The molecule has 4 amide bonds. The number of nitroso groups, excluding NO2 is 1. The van der Waals surface area contributed by atoms with Gasteiger partial charge in [0, 0.05) is 6.04 Å². The molecule has 0 atom stereocenters. The predicted molar refractivity (Wildman–Crippen MR) is 60.0 cm³/mol. The predicted octanol–water partition coefficient (Wildman–Crippen LogP) is 1.45. The van der Waals surface area contributed by atoms with Crippen molar-refractivity contribution in [3.8, 4) is 0 Å². The smallest absolute Gasteiger partial charge is 0.335 e. The van der Waals surface area contributed by atoms with Crippen LogP contribution in [0.4, 0.5) is 9.59 Å².